The van der Waals surface area contributed by atoms with E-state index in [0.717, 1.165) is 0 Å². The van der Waals surface area contributed by atoms with E-state index in [4.69, 9.17) is 5.73 Å². The first kappa shape index (κ1) is 11.0. The molecule has 1 saturated carbocycles. The largest absolute Gasteiger partial charge is 0.327 e. The molecule has 0 saturated heterocycles. The molecule has 0 spiro atoms. The minimum Gasteiger partial charge on any atom is -0.327 e. The summed E-state index contributed by atoms with van der Waals surface area (Å²) in [5.74, 6) is 2.14. The minimum absolute atomic E-state index is 0.402. The van der Waals surface area contributed by atoms with Gasteiger partial charge in [0.05, 0.1) is 0 Å². The highest BCUT2D eigenvalue weighted by Crippen LogP contribution is 2.50. The summed E-state index contributed by atoms with van der Waals surface area (Å²) in [7, 11) is 0. The van der Waals surface area contributed by atoms with Crippen LogP contribution < -0.4 is 5.73 Å². The Hall–Kier alpha value is -0.0400. The fourth-order valence-corrected chi connectivity index (χ4v) is 3.37. The van der Waals surface area contributed by atoms with Crippen LogP contribution in [0, 0.1) is 23.2 Å². The summed E-state index contributed by atoms with van der Waals surface area (Å²) in [4.78, 5) is 0. The quantitative estimate of drug-likeness (QED) is 0.699. The van der Waals surface area contributed by atoms with Crippen molar-refractivity contribution in [1.82, 2.24) is 0 Å². The average molecular weight is 183 g/mol. The van der Waals surface area contributed by atoms with E-state index in [2.05, 4.69) is 34.6 Å². The van der Waals surface area contributed by atoms with E-state index in [9.17, 15) is 0 Å². The maximum atomic E-state index is 6.36. The highest BCUT2D eigenvalue weighted by atomic mass is 14.8. The third-order valence-electron chi connectivity index (χ3n) is 4.42. The van der Waals surface area contributed by atoms with Crippen molar-refractivity contribution >= 4 is 0 Å². The zero-order valence-corrected chi connectivity index (χ0v) is 9.80. The molecule has 2 atom stereocenters. The molecule has 2 N–H and O–H groups in total. The molecule has 1 rings (SSSR count). The van der Waals surface area contributed by atoms with E-state index >= 15 is 0 Å². The second-order valence-corrected chi connectivity index (χ2v) is 5.46. The minimum atomic E-state index is 0.402. The Morgan fingerprint density at radius 1 is 1.15 bits per heavy atom. The van der Waals surface area contributed by atoms with E-state index < -0.39 is 0 Å². The van der Waals surface area contributed by atoms with Crippen LogP contribution in [0.5, 0.6) is 0 Å². The molecule has 1 nitrogen and oxygen atoms in total. The van der Waals surface area contributed by atoms with Gasteiger partial charge in [0, 0.05) is 6.04 Å². The Morgan fingerprint density at radius 3 is 1.77 bits per heavy atom. The molecular weight excluding hydrogens is 158 g/mol. The van der Waals surface area contributed by atoms with Gasteiger partial charge in [-0.15, -0.1) is 0 Å². The monoisotopic (exact) mass is 183 g/mol. The van der Waals surface area contributed by atoms with Crippen LogP contribution in [0.2, 0.25) is 0 Å². The van der Waals surface area contributed by atoms with Crippen LogP contribution in [-0.4, -0.2) is 6.04 Å². The number of hydrogen-bond acceptors (Lipinski definition) is 1. The summed E-state index contributed by atoms with van der Waals surface area (Å²) >= 11 is 0. The molecule has 1 heteroatoms. The van der Waals surface area contributed by atoms with Crippen molar-refractivity contribution in [2.75, 3.05) is 0 Å². The van der Waals surface area contributed by atoms with E-state index in [0.29, 0.717) is 29.2 Å². The smallest absolute Gasteiger partial charge is 0.0126 e. The normalized spacial score (nSPS) is 33.2. The van der Waals surface area contributed by atoms with Crippen LogP contribution in [0.25, 0.3) is 0 Å². The molecule has 1 fully saturated rings. The summed E-state index contributed by atoms with van der Waals surface area (Å²) in [5.41, 5.74) is 6.76. The van der Waals surface area contributed by atoms with Crippen molar-refractivity contribution in [3.05, 3.63) is 0 Å². The molecule has 0 aliphatic heterocycles. The van der Waals surface area contributed by atoms with Crippen molar-refractivity contribution in [2.24, 2.45) is 28.9 Å². The summed E-state index contributed by atoms with van der Waals surface area (Å²) in [5, 5.41) is 0. The van der Waals surface area contributed by atoms with Crippen LogP contribution in [0.15, 0.2) is 0 Å². The van der Waals surface area contributed by atoms with Gasteiger partial charge in [0.1, 0.15) is 0 Å². The number of hydrogen-bond donors (Lipinski definition) is 1. The highest BCUT2D eigenvalue weighted by molar-refractivity contribution is 5.01. The summed E-state index contributed by atoms with van der Waals surface area (Å²) in [6, 6.07) is 0.410. The zero-order valence-electron chi connectivity index (χ0n) is 9.80. The molecular formula is C12H25N. The van der Waals surface area contributed by atoms with E-state index in [1.165, 1.54) is 12.8 Å². The molecule has 0 amide bonds. The maximum absolute atomic E-state index is 6.36. The van der Waals surface area contributed by atoms with Gasteiger partial charge in [0.25, 0.3) is 0 Å². The molecule has 0 aromatic rings. The lowest BCUT2D eigenvalue weighted by Crippen LogP contribution is -2.47. The van der Waals surface area contributed by atoms with Gasteiger partial charge in [0.15, 0.2) is 0 Å². The predicted molar refractivity (Wildman–Crippen MR) is 58.5 cm³/mol. The average Bonchev–Trinajstić information content (AvgIpc) is 2.30. The van der Waals surface area contributed by atoms with Gasteiger partial charge in [-0.05, 0) is 36.0 Å². The third-order valence-corrected chi connectivity index (χ3v) is 4.42. The second kappa shape index (κ2) is 3.61. The molecule has 78 valence electrons. The Kier molecular flexibility index (Phi) is 3.06. The number of nitrogens with two attached hydrogens (primary N) is 1. The standard InChI is InChI=1S/C12H25N/c1-8(2)12(9(3)4)7-6-10(5)11(12)13/h8-11H,6-7,13H2,1-5H3/t10-,11-/m1/s1. The summed E-state index contributed by atoms with van der Waals surface area (Å²) < 4.78 is 0. The Morgan fingerprint density at radius 2 is 1.62 bits per heavy atom. The Balaban J connectivity index is 2.92. The van der Waals surface area contributed by atoms with E-state index in [-0.39, 0.29) is 0 Å². The first-order valence-electron chi connectivity index (χ1n) is 5.68. The van der Waals surface area contributed by atoms with Crippen molar-refractivity contribution in [3.63, 3.8) is 0 Å². The second-order valence-electron chi connectivity index (χ2n) is 5.46. The molecule has 0 radical (unpaired) electrons. The first-order chi connectivity index (χ1) is 5.93. The van der Waals surface area contributed by atoms with Crippen molar-refractivity contribution in [3.8, 4) is 0 Å². The Bertz CT molecular complexity index is 164. The van der Waals surface area contributed by atoms with E-state index in [1.54, 1.807) is 0 Å². The lowest BCUT2D eigenvalue weighted by atomic mass is 9.65. The van der Waals surface area contributed by atoms with Gasteiger partial charge in [-0.1, -0.05) is 34.6 Å². The zero-order chi connectivity index (χ0) is 10.2. The van der Waals surface area contributed by atoms with E-state index in [1.807, 2.05) is 0 Å². The van der Waals surface area contributed by atoms with Crippen LogP contribution in [0.1, 0.15) is 47.5 Å². The van der Waals surface area contributed by atoms with Gasteiger partial charge in [-0.2, -0.15) is 0 Å². The molecule has 1 aliphatic rings. The summed E-state index contributed by atoms with van der Waals surface area (Å²) in [6.07, 6.45) is 2.64. The molecule has 0 bridgehead atoms. The SMILES string of the molecule is CC(C)C1(C(C)C)CC[C@@H](C)[C@H]1N. The topological polar surface area (TPSA) is 26.0 Å². The van der Waals surface area contributed by atoms with Crippen molar-refractivity contribution in [2.45, 2.75) is 53.5 Å². The van der Waals surface area contributed by atoms with Gasteiger partial charge in [-0.25, -0.2) is 0 Å². The van der Waals surface area contributed by atoms with Crippen molar-refractivity contribution < 1.29 is 0 Å². The van der Waals surface area contributed by atoms with Crippen molar-refractivity contribution in [1.29, 1.82) is 0 Å². The van der Waals surface area contributed by atoms with Crippen LogP contribution in [0.4, 0.5) is 0 Å². The predicted octanol–water partition coefficient (Wildman–Crippen LogP) is 3.04. The lowest BCUT2D eigenvalue weighted by Gasteiger charge is -2.42. The highest BCUT2D eigenvalue weighted by Gasteiger charge is 2.48. The fourth-order valence-electron chi connectivity index (χ4n) is 3.37. The lowest BCUT2D eigenvalue weighted by molar-refractivity contribution is 0.0907. The van der Waals surface area contributed by atoms with Gasteiger partial charge >= 0.3 is 0 Å². The summed E-state index contributed by atoms with van der Waals surface area (Å²) in [6.45, 7) is 11.6. The van der Waals surface area contributed by atoms with Gasteiger partial charge in [0.2, 0.25) is 0 Å². The Labute approximate surface area is 83.1 Å². The molecule has 13 heavy (non-hydrogen) atoms. The number of rotatable bonds is 2. The maximum Gasteiger partial charge on any atom is 0.0126 e. The van der Waals surface area contributed by atoms with Crippen LogP contribution in [-0.2, 0) is 0 Å². The molecule has 1 aliphatic carbocycles. The molecule has 0 aromatic carbocycles. The molecule has 0 heterocycles. The third kappa shape index (κ3) is 1.52. The molecule has 0 aromatic heterocycles. The van der Waals surface area contributed by atoms with Gasteiger partial charge in [-0.3, -0.25) is 0 Å². The first-order valence-corrected chi connectivity index (χ1v) is 5.68. The van der Waals surface area contributed by atoms with Crippen LogP contribution in [0.3, 0.4) is 0 Å². The fraction of sp³-hybridized carbons (Fsp3) is 1.00. The molecule has 0 unspecified atom stereocenters. The van der Waals surface area contributed by atoms with Gasteiger partial charge < -0.3 is 5.73 Å². The van der Waals surface area contributed by atoms with Crippen LogP contribution >= 0.6 is 0 Å².